The fourth-order valence-corrected chi connectivity index (χ4v) is 4.86. The second kappa shape index (κ2) is 5.41. The molecule has 0 saturated carbocycles. The maximum atomic E-state index is 12.5. The molecule has 2 atom stereocenters. The molecular weight excluding hydrogens is 244 g/mol. The first-order valence-corrected chi connectivity index (χ1v) is 8.50. The number of hydrogen-bond acceptors (Lipinski definition) is 3. The molecule has 2 bridgehead atoms. The molecule has 18 heavy (non-hydrogen) atoms. The highest BCUT2D eigenvalue weighted by Gasteiger charge is 2.37. The summed E-state index contributed by atoms with van der Waals surface area (Å²) >= 11 is 1.99. The minimum absolute atomic E-state index is 0.309. The minimum atomic E-state index is 0.309. The first kappa shape index (κ1) is 12.8. The highest BCUT2D eigenvalue weighted by atomic mass is 32.2. The van der Waals surface area contributed by atoms with Crippen LogP contribution in [0.15, 0.2) is 0 Å². The smallest absolute Gasteiger partial charge is 0.225 e. The minimum Gasteiger partial charge on any atom is -0.342 e. The van der Waals surface area contributed by atoms with Gasteiger partial charge in [0.05, 0.1) is 0 Å². The van der Waals surface area contributed by atoms with Crippen molar-refractivity contribution in [1.29, 1.82) is 0 Å². The molecule has 2 unspecified atom stereocenters. The summed E-state index contributed by atoms with van der Waals surface area (Å²) in [5.74, 6) is 3.06. The van der Waals surface area contributed by atoms with Gasteiger partial charge in [0, 0.05) is 31.1 Å². The fourth-order valence-electron chi connectivity index (χ4n) is 3.76. The Morgan fingerprint density at radius 1 is 1.11 bits per heavy atom. The lowest BCUT2D eigenvalue weighted by Gasteiger charge is -2.37. The quantitative estimate of drug-likeness (QED) is 0.830. The van der Waals surface area contributed by atoms with E-state index < -0.39 is 0 Å². The normalized spacial score (nSPS) is 36.6. The van der Waals surface area contributed by atoms with E-state index in [0.29, 0.717) is 30.0 Å². The summed E-state index contributed by atoms with van der Waals surface area (Å²) in [6, 6.07) is 1.84. The van der Waals surface area contributed by atoms with Gasteiger partial charge in [-0.05, 0) is 50.0 Å². The predicted molar refractivity (Wildman–Crippen MR) is 75.8 cm³/mol. The Hall–Kier alpha value is -0.220. The molecule has 0 aromatic rings. The monoisotopic (exact) mass is 268 g/mol. The van der Waals surface area contributed by atoms with Crippen molar-refractivity contribution in [1.82, 2.24) is 10.2 Å². The number of carbonyl (C=O) groups excluding carboxylic acids is 1. The van der Waals surface area contributed by atoms with Gasteiger partial charge in [-0.3, -0.25) is 4.79 Å². The SMILES string of the molecule is CN(C(=O)C1CCSCC1)C1CC2CCC(C1)N2. The van der Waals surface area contributed by atoms with Crippen molar-refractivity contribution in [3.05, 3.63) is 0 Å². The Kier molecular flexibility index (Phi) is 3.85. The van der Waals surface area contributed by atoms with Crippen LogP contribution in [0.3, 0.4) is 0 Å². The molecule has 1 amide bonds. The molecule has 0 aliphatic carbocycles. The van der Waals surface area contributed by atoms with E-state index in [9.17, 15) is 4.79 Å². The Balaban J connectivity index is 1.59. The van der Waals surface area contributed by atoms with E-state index in [1.54, 1.807) is 0 Å². The third-order valence-corrected chi connectivity index (χ3v) is 5.96. The molecule has 4 heteroatoms. The van der Waals surface area contributed by atoms with Crippen molar-refractivity contribution in [3.8, 4) is 0 Å². The summed E-state index contributed by atoms with van der Waals surface area (Å²) in [6.45, 7) is 0. The highest BCUT2D eigenvalue weighted by Crippen LogP contribution is 2.31. The molecule has 102 valence electrons. The molecule has 0 aromatic heterocycles. The Morgan fingerprint density at radius 2 is 1.72 bits per heavy atom. The van der Waals surface area contributed by atoms with Gasteiger partial charge in [-0.15, -0.1) is 0 Å². The van der Waals surface area contributed by atoms with E-state index in [1.807, 2.05) is 18.8 Å². The molecule has 3 rings (SSSR count). The zero-order valence-electron chi connectivity index (χ0n) is 11.2. The van der Waals surface area contributed by atoms with Crippen molar-refractivity contribution in [2.45, 2.75) is 56.7 Å². The molecule has 0 spiro atoms. The lowest BCUT2D eigenvalue weighted by molar-refractivity contribution is -0.137. The fraction of sp³-hybridized carbons (Fsp3) is 0.929. The number of hydrogen-bond donors (Lipinski definition) is 1. The van der Waals surface area contributed by atoms with E-state index in [1.165, 1.54) is 37.2 Å². The third kappa shape index (κ3) is 2.55. The van der Waals surface area contributed by atoms with Gasteiger partial charge < -0.3 is 10.2 Å². The van der Waals surface area contributed by atoms with Gasteiger partial charge >= 0.3 is 0 Å². The first-order chi connectivity index (χ1) is 8.74. The topological polar surface area (TPSA) is 32.3 Å². The standard InChI is InChI=1S/C14H24N2OS/c1-16(14(17)10-4-6-18-7-5-10)13-8-11-2-3-12(9-13)15-11/h10-13,15H,2-9H2,1H3. The van der Waals surface area contributed by atoms with Crippen molar-refractivity contribution in [3.63, 3.8) is 0 Å². The number of rotatable bonds is 2. The molecule has 0 aromatic carbocycles. The average molecular weight is 268 g/mol. The summed E-state index contributed by atoms with van der Waals surface area (Å²) in [7, 11) is 2.04. The van der Waals surface area contributed by atoms with Crippen molar-refractivity contribution < 1.29 is 4.79 Å². The van der Waals surface area contributed by atoms with E-state index in [4.69, 9.17) is 0 Å². The van der Waals surface area contributed by atoms with Crippen LogP contribution in [0.1, 0.15) is 38.5 Å². The lowest BCUT2D eigenvalue weighted by atomic mass is 9.95. The molecule has 3 nitrogen and oxygen atoms in total. The summed E-state index contributed by atoms with van der Waals surface area (Å²) in [5, 5.41) is 3.65. The van der Waals surface area contributed by atoms with E-state index in [-0.39, 0.29) is 0 Å². The number of amides is 1. The van der Waals surface area contributed by atoms with Gasteiger partial charge in [-0.1, -0.05) is 0 Å². The third-order valence-electron chi connectivity index (χ3n) is 4.91. The van der Waals surface area contributed by atoms with Gasteiger partial charge in [0.25, 0.3) is 0 Å². The van der Waals surface area contributed by atoms with Crippen LogP contribution in [-0.4, -0.2) is 47.5 Å². The number of nitrogens with zero attached hydrogens (tertiary/aromatic N) is 1. The van der Waals surface area contributed by atoms with Crippen LogP contribution in [0.2, 0.25) is 0 Å². The van der Waals surface area contributed by atoms with Gasteiger partial charge in [0.1, 0.15) is 0 Å². The van der Waals surface area contributed by atoms with Crippen LogP contribution in [0, 0.1) is 5.92 Å². The van der Waals surface area contributed by atoms with Crippen LogP contribution in [0.25, 0.3) is 0 Å². The lowest BCUT2D eigenvalue weighted by Crippen LogP contribution is -2.50. The summed E-state index contributed by atoms with van der Waals surface area (Å²) < 4.78 is 0. The molecule has 3 aliphatic heterocycles. The maximum Gasteiger partial charge on any atom is 0.225 e. The van der Waals surface area contributed by atoms with Gasteiger partial charge in [0.15, 0.2) is 0 Å². The van der Waals surface area contributed by atoms with Crippen molar-refractivity contribution in [2.75, 3.05) is 18.6 Å². The van der Waals surface area contributed by atoms with Crippen LogP contribution >= 0.6 is 11.8 Å². The van der Waals surface area contributed by atoms with E-state index >= 15 is 0 Å². The Bertz CT molecular complexity index is 305. The van der Waals surface area contributed by atoms with Crippen molar-refractivity contribution >= 4 is 17.7 Å². The van der Waals surface area contributed by atoms with Crippen LogP contribution in [0.5, 0.6) is 0 Å². The maximum absolute atomic E-state index is 12.5. The van der Waals surface area contributed by atoms with Gasteiger partial charge in [-0.25, -0.2) is 0 Å². The van der Waals surface area contributed by atoms with Gasteiger partial charge in [0.2, 0.25) is 5.91 Å². The molecule has 1 N–H and O–H groups in total. The predicted octanol–water partition coefficient (Wildman–Crippen LogP) is 1.87. The summed E-state index contributed by atoms with van der Waals surface area (Å²) in [6.07, 6.45) is 7.13. The Morgan fingerprint density at radius 3 is 2.33 bits per heavy atom. The molecule has 3 heterocycles. The number of thioether (sulfide) groups is 1. The zero-order chi connectivity index (χ0) is 12.5. The number of nitrogens with one attached hydrogen (secondary N) is 1. The van der Waals surface area contributed by atoms with E-state index in [2.05, 4.69) is 10.2 Å². The second-order valence-corrected chi connectivity index (χ2v) is 7.32. The van der Waals surface area contributed by atoms with Gasteiger partial charge in [-0.2, -0.15) is 11.8 Å². The molecule has 0 radical (unpaired) electrons. The number of fused-ring (bicyclic) bond motifs is 2. The second-order valence-electron chi connectivity index (χ2n) is 6.10. The Labute approximate surface area is 114 Å². The summed E-state index contributed by atoms with van der Waals surface area (Å²) in [4.78, 5) is 14.6. The first-order valence-electron chi connectivity index (χ1n) is 7.34. The van der Waals surface area contributed by atoms with E-state index in [0.717, 1.165) is 12.8 Å². The number of carbonyl (C=O) groups is 1. The van der Waals surface area contributed by atoms with Crippen LogP contribution in [0.4, 0.5) is 0 Å². The largest absolute Gasteiger partial charge is 0.342 e. The molecule has 3 saturated heterocycles. The van der Waals surface area contributed by atoms with Crippen LogP contribution in [-0.2, 0) is 4.79 Å². The average Bonchev–Trinajstić information content (AvgIpc) is 2.77. The highest BCUT2D eigenvalue weighted by molar-refractivity contribution is 7.99. The van der Waals surface area contributed by atoms with Crippen LogP contribution < -0.4 is 5.32 Å². The molecule has 3 aliphatic rings. The zero-order valence-corrected chi connectivity index (χ0v) is 12.0. The molecular formula is C14H24N2OS. The number of piperidine rings is 1. The molecule has 3 fully saturated rings. The van der Waals surface area contributed by atoms with Crippen molar-refractivity contribution in [2.24, 2.45) is 5.92 Å². The summed E-state index contributed by atoms with van der Waals surface area (Å²) in [5.41, 5.74) is 0.